The van der Waals surface area contributed by atoms with E-state index in [2.05, 4.69) is 25.2 Å². The van der Waals surface area contributed by atoms with E-state index in [0.717, 1.165) is 17.5 Å². The fourth-order valence-electron chi connectivity index (χ4n) is 2.14. The molecule has 0 aromatic heterocycles. The molecule has 1 N–H and O–H groups in total. The molecule has 0 saturated heterocycles. The smallest absolute Gasteiger partial charge is 0.251 e. The largest absolute Gasteiger partial charge is 0.350 e. The van der Waals surface area contributed by atoms with Crippen molar-refractivity contribution in [1.82, 2.24) is 5.32 Å². The molecule has 18 heavy (non-hydrogen) atoms. The van der Waals surface area contributed by atoms with Crippen LogP contribution in [0.1, 0.15) is 61.0 Å². The fourth-order valence-corrected chi connectivity index (χ4v) is 2.14. The molecule has 1 rings (SSSR count). The van der Waals surface area contributed by atoms with Crippen LogP contribution in [0.2, 0.25) is 0 Å². The zero-order chi connectivity index (χ0) is 13.5. The third kappa shape index (κ3) is 4.52. The minimum atomic E-state index is 0.0523. The van der Waals surface area contributed by atoms with Crippen LogP contribution < -0.4 is 5.32 Å². The molecular formula is C16H25NO. The van der Waals surface area contributed by atoms with Crippen LogP contribution in [-0.2, 0) is 0 Å². The number of rotatable bonds is 6. The first-order valence-electron chi connectivity index (χ1n) is 6.92. The van der Waals surface area contributed by atoms with Crippen LogP contribution in [0.4, 0.5) is 0 Å². The molecule has 1 atom stereocenters. The van der Waals surface area contributed by atoms with Crippen molar-refractivity contribution in [2.24, 2.45) is 0 Å². The molecule has 0 spiro atoms. The Morgan fingerprint density at radius 3 is 2.61 bits per heavy atom. The summed E-state index contributed by atoms with van der Waals surface area (Å²) in [6.07, 6.45) is 4.71. The molecule has 0 fully saturated rings. The molecule has 100 valence electrons. The first-order valence-corrected chi connectivity index (χ1v) is 6.92. The lowest BCUT2D eigenvalue weighted by Gasteiger charge is -2.15. The Morgan fingerprint density at radius 1 is 1.28 bits per heavy atom. The average molecular weight is 247 g/mol. The van der Waals surface area contributed by atoms with Gasteiger partial charge in [0.05, 0.1) is 0 Å². The summed E-state index contributed by atoms with van der Waals surface area (Å²) in [6.45, 7) is 8.31. The van der Waals surface area contributed by atoms with Crippen LogP contribution in [0.5, 0.6) is 0 Å². The molecular weight excluding hydrogens is 222 g/mol. The maximum atomic E-state index is 12.1. The van der Waals surface area contributed by atoms with Gasteiger partial charge in [-0.25, -0.2) is 0 Å². The number of aryl methyl sites for hydroxylation is 2. The summed E-state index contributed by atoms with van der Waals surface area (Å²) in [5.74, 6) is 0.0523. The van der Waals surface area contributed by atoms with Crippen LogP contribution in [0.25, 0.3) is 0 Å². The maximum absolute atomic E-state index is 12.1. The monoisotopic (exact) mass is 247 g/mol. The summed E-state index contributed by atoms with van der Waals surface area (Å²) >= 11 is 0. The lowest BCUT2D eigenvalue weighted by Crippen LogP contribution is -2.32. The van der Waals surface area contributed by atoms with Gasteiger partial charge in [-0.1, -0.05) is 43.9 Å². The molecule has 0 saturated carbocycles. The van der Waals surface area contributed by atoms with Crippen LogP contribution >= 0.6 is 0 Å². The zero-order valence-electron chi connectivity index (χ0n) is 12.0. The molecule has 0 bridgehead atoms. The molecule has 0 radical (unpaired) electrons. The van der Waals surface area contributed by atoms with Gasteiger partial charge in [0.25, 0.3) is 5.91 Å². The van der Waals surface area contributed by atoms with E-state index in [4.69, 9.17) is 0 Å². The van der Waals surface area contributed by atoms with E-state index >= 15 is 0 Å². The van der Waals surface area contributed by atoms with E-state index in [-0.39, 0.29) is 11.9 Å². The predicted octanol–water partition coefficient (Wildman–Crippen LogP) is 4.00. The summed E-state index contributed by atoms with van der Waals surface area (Å²) in [4.78, 5) is 12.1. The normalized spacial score (nSPS) is 12.2. The Morgan fingerprint density at radius 2 is 2.00 bits per heavy atom. The van der Waals surface area contributed by atoms with Crippen LogP contribution in [-0.4, -0.2) is 11.9 Å². The maximum Gasteiger partial charge on any atom is 0.251 e. The number of carbonyl (C=O) groups excluding carboxylic acids is 1. The Kier molecular flexibility index (Phi) is 5.90. The molecule has 0 aliphatic carbocycles. The quantitative estimate of drug-likeness (QED) is 0.756. The molecule has 1 unspecified atom stereocenters. The summed E-state index contributed by atoms with van der Waals surface area (Å²) in [6, 6.07) is 6.21. The molecule has 0 heterocycles. The van der Waals surface area contributed by atoms with Crippen molar-refractivity contribution in [2.75, 3.05) is 0 Å². The molecule has 2 nitrogen and oxygen atoms in total. The molecule has 1 aromatic rings. The van der Waals surface area contributed by atoms with E-state index in [0.29, 0.717) is 0 Å². The highest BCUT2D eigenvalue weighted by Crippen LogP contribution is 2.11. The molecule has 1 amide bonds. The predicted molar refractivity (Wildman–Crippen MR) is 77.0 cm³/mol. The summed E-state index contributed by atoms with van der Waals surface area (Å²) in [5, 5.41) is 3.08. The molecule has 1 aromatic carbocycles. The minimum Gasteiger partial charge on any atom is -0.350 e. The third-order valence-corrected chi connectivity index (χ3v) is 3.24. The second-order valence-corrected chi connectivity index (χ2v) is 5.19. The van der Waals surface area contributed by atoms with E-state index in [9.17, 15) is 4.79 Å². The van der Waals surface area contributed by atoms with Gasteiger partial charge in [-0.3, -0.25) is 4.79 Å². The van der Waals surface area contributed by atoms with Gasteiger partial charge >= 0.3 is 0 Å². The standard InChI is InChI=1S/C16H25NO/c1-5-6-7-8-14(4)17-16(18)15-10-9-12(2)11-13(15)3/h9-11,14H,5-8H2,1-4H3,(H,17,18). The van der Waals surface area contributed by atoms with Gasteiger partial charge in [-0.2, -0.15) is 0 Å². The van der Waals surface area contributed by atoms with Gasteiger partial charge < -0.3 is 5.32 Å². The lowest BCUT2D eigenvalue weighted by molar-refractivity contribution is 0.0937. The average Bonchev–Trinajstić information content (AvgIpc) is 2.28. The van der Waals surface area contributed by atoms with Crippen LogP contribution in [0.3, 0.4) is 0 Å². The number of hydrogen-bond donors (Lipinski definition) is 1. The minimum absolute atomic E-state index is 0.0523. The Bertz CT molecular complexity index is 398. The number of carbonyl (C=O) groups is 1. The van der Waals surface area contributed by atoms with Crippen LogP contribution in [0.15, 0.2) is 18.2 Å². The number of unbranched alkanes of at least 4 members (excludes halogenated alkanes) is 2. The Hall–Kier alpha value is -1.31. The highest BCUT2D eigenvalue weighted by Gasteiger charge is 2.11. The van der Waals surface area contributed by atoms with Crippen molar-refractivity contribution < 1.29 is 4.79 Å². The van der Waals surface area contributed by atoms with Crippen molar-refractivity contribution in [2.45, 2.75) is 59.4 Å². The SMILES string of the molecule is CCCCCC(C)NC(=O)c1ccc(C)cc1C. The first-order chi connectivity index (χ1) is 8.54. The van der Waals surface area contributed by atoms with E-state index in [1.54, 1.807) is 0 Å². The lowest BCUT2D eigenvalue weighted by atomic mass is 10.0. The van der Waals surface area contributed by atoms with Gasteiger partial charge in [0, 0.05) is 11.6 Å². The van der Waals surface area contributed by atoms with Crippen molar-refractivity contribution in [3.63, 3.8) is 0 Å². The third-order valence-electron chi connectivity index (χ3n) is 3.24. The number of benzene rings is 1. The van der Waals surface area contributed by atoms with Gasteiger partial charge in [-0.15, -0.1) is 0 Å². The Labute approximate surface area is 111 Å². The van der Waals surface area contributed by atoms with Crippen molar-refractivity contribution in [3.8, 4) is 0 Å². The van der Waals surface area contributed by atoms with Crippen molar-refractivity contribution in [3.05, 3.63) is 34.9 Å². The molecule has 2 heteroatoms. The van der Waals surface area contributed by atoms with Crippen molar-refractivity contribution in [1.29, 1.82) is 0 Å². The summed E-state index contributed by atoms with van der Waals surface area (Å²) in [7, 11) is 0. The highest BCUT2D eigenvalue weighted by atomic mass is 16.1. The number of nitrogens with one attached hydrogen (secondary N) is 1. The van der Waals surface area contributed by atoms with Gasteiger partial charge in [0.15, 0.2) is 0 Å². The molecule has 0 aliphatic rings. The number of hydrogen-bond acceptors (Lipinski definition) is 1. The van der Waals surface area contributed by atoms with Gasteiger partial charge in [0.2, 0.25) is 0 Å². The van der Waals surface area contributed by atoms with E-state index in [1.165, 1.54) is 24.8 Å². The van der Waals surface area contributed by atoms with E-state index < -0.39 is 0 Å². The van der Waals surface area contributed by atoms with Crippen molar-refractivity contribution >= 4 is 5.91 Å². The Balaban J connectivity index is 2.54. The van der Waals surface area contributed by atoms with Gasteiger partial charge in [0.1, 0.15) is 0 Å². The topological polar surface area (TPSA) is 29.1 Å². The zero-order valence-corrected chi connectivity index (χ0v) is 12.0. The second kappa shape index (κ2) is 7.20. The molecule has 0 aliphatic heterocycles. The second-order valence-electron chi connectivity index (χ2n) is 5.19. The van der Waals surface area contributed by atoms with Crippen LogP contribution in [0, 0.1) is 13.8 Å². The highest BCUT2D eigenvalue weighted by molar-refractivity contribution is 5.95. The summed E-state index contributed by atoms with van der Waals surface area (Å²) < 4.78 is 0. The first kappa shape index (κ1) is 14.7. The fraction of sp³-hybridized carbons (Fsp3) is 0.562. The van der Waals surface area contributed by atoms with Gasteiger partial charge in [-0.05, 0) is 38.8 Å². The number of amides is 1. The van der Waals surface area contributed by atoms with E-state index in [1.807, 2.05) is 26.0 Å². The summed E-state index contributed by atoms with van der Waals surface area (Å²) in [5.41, 5.74) is 3.04.